The van der Waals surface area contributed by atoms with Crippen LogP contribution in [0, 0.1) is 0 Å². The Morgan fingerprint density at radius 2 is 2.20 bits per heavy atom. The predicted molar refractivity (Wildman–Crippen MR) is 26.5 cm³/mol. The number of thiocarbonyl (C=S) groups is 1. The van der Waals surface area contributed by atoms with E-state index in [1.165, 1.54) is 4.70 Å². The number of hydrogen-bond donors (Lipinski definition) is 1. The van der Waals surface area contributed by atoms with Crippen molar-refractivity contribution in [3.05, 3.63) is 0 Å². The van der Waals surface area contributed by atoms with Crippen molar-refractivity contribution in [2.75, 3.05) is 0 Å². The van der Waals surface area contributed by atoms with E-state index in [4.69, 9.17) is 5.14 Å². The zero-order chi connectivity index (χ0) is 3.41. The van der Waals surface area contributed by atoms with Crippen LogP contribution in [-0.2, 0) is 0 Å². The molecule has 0 unspecified atom stereocenters. The van der Waals surface area contributed by atoms with E-state index in [0.29, 0.717) is 0 Å². The Labute approximate surface area is 64.6 Å². The van der Waals surface area contributed by atoms with Gasteiger partial charge in [-0.05, 0) is 11.9 Å². The number of rotatable bonds is 1. The van der Waals surface area contributed by atoms with Crippen LogP contribution in [0.25, 0.3) is 0 Å². The molecule has 0 aromatic rings. The standard InChI is InChI=1S/CH3NS2.Na.H/c2-4-1-3;;/h1H,2H2;;/q;+1;-1. The van der Waals surface area contributed by atoms with Crippen LogP contribution in [0.4, 0.5) is 0 Å². The largest absolute Gasteiger partial charge is 1.00 e. The Kier molecular flexibility index (Phi) is 17.4. The van der Waals surface area contributed by atoms with Gasteiger partial charge in [0.05, 0.1) is 0 Å². The Morgan fingerprint density at radius 1 is 2.00 bits per heavy atom. The van der Waals surface area contributed by atoms with Gasteiger partial charge >= 0.3 is 29.6 Å². The van der Waals surface area contributed by atoms with Crippen molar-refractivity contribution in [1.82, 2.24) is 0 Å². The van der Waals surface area contributed by atoms with Gasteiger partial charge in [0.25, 0.3) is 0 Å². The fourth-order valence-electron chi connectivity index (χ4n) is 0. The Morgan fingerprint density at radius 3 is 2.20 bits per heavy atom. The van der Waals surface area contributed by atoms with Gasteiger partial charge in [0.1, 0.15) is 0 Å². The predicted octanol–water partition coefficient (Wildman–Crippen LogP) is -2.33. The third kappa shape index (κ3) is 10.8. The van der Waals surface area contributed by atoms with Crippen LogP contribution in [0.3, 0.4) is 0 Å². The van der Waals surface area contributed by atoms with E-state index in [9.17, 15) is 0 Å². The molecule has 2 N–H and O–H groups in total. The van der Waals surface area contributed by atoms with Crippen LogP contribution in [0.2, 0.25) is 0 Å². The fraction of sp³-hybridized carbons (Fsp3) is 0. The molecular formula is CH4NNaS2. The van der Waals surface area contributed by atoms with Crippen molar-refractivity contribution < 1.29 is 31.0 Å². The maximum absolute atomic E-state index is 4.78. The van der Waals surface area contributed by atoms with Gasteiger partial charge in [0, 0.05) is 4.70 Å². The summed E-state index contributed by atoms with van der Waals surface area (Å²) in [5.41, 5.74) is 0. The van der Waals surface area contributed by atoms with Gasteiger partial charge < -0.3 is 1.43 Å². The molecule has 1 nitrogen and oxygen atoms in total. The summed E-state index contributed by atoms with van der Waals surface area (Å²) >= 11 is 5.31. The first-order valence-electron chi connectivity index (χ1n) is 0.707. The first-order valence-corrected chi connectivity index (χ1v) is 2.12. The first-order chi connectivity index (χ1) is 1.91. The van der Waals surface area contributed by atoms with Gasteiger partial charge in [-0.1, -0.05) is 12.2 Å². The summed E-state index contributed by atoms with van der Waals surface area (Å²) in [6.45, 7) is 0. The zero-order valence-corrected chi connectivity index (χ0v) is 6.60. The Hall–Kier alpha value is 1.40. The average molecular weight is 117 g/mol. The van der Waals surface area contributed by atoms with Gasteiger partial charge in [0.15, 0.2) is 0 Å². The van der Waals surface area contributed by atoms with Gasteiger partial charge in [-0.25, -0.2) is 0 Å². The molecule has 0 aliphatic carbocycles. The summed E-state index contributed by atoms with van der Waals surface area (Å²) in [6.07, 6.45) is 0. The van der Waals surface area contributed by atoms with E-state index in [2.05, 4.69) is 12.2 Å². The Balaban J connectivity index is -0.0000000450. The molecule has 26 valence electrons. The topological polar surface area (TPSA) is 26.0 Å². The summed E-state index contributed by atoms with van der Waals surface area (Å²) in [6, 6.07) is 0. The smallest absolute Gasteiger partial charge is 1.00 e. The monoisotopic (exact) mass is 117 g/mol. The van der Waals surface area contributed by atoms with E-state index >= 15 is 0 Å². The van der Waals surface area contributed by atoms with Crippen LogP contribution >= 0.6 is 24.2 Å². The van der Waals surface area contributed by atoms with Crippen molar-refractivity contribution in [2.24, 2.45) is 5.14 Å². The first kappa shape index (κ1) is 9.64. The molecule has 5 heavy (non-hydrogen) atoms. The van der Waals surface area contributed by atoms with Crippen LogP contribution in [0.5, 0.6) is 0 Å². The molecule has 0 aliphatic heterocycles. The minimum absolute atomic E-state index is 0. The van der Waals surface area contributed by atoms with Crippen molar-refractivity contribution in [3.63, 3.8) is 0 Å². The van der Waals surface area contributed by atoms with E-state index in [1.807, 2.05) is 0 Å². The quantitative estimate of drug-likeness (QED) is 0.237. The molecule has 4 heteroatoms. The van der Waals surface area contributed by atoms with E-state index < -0.39 is 0 Å². The Bertz CT molecular complexity index is 27.5. The molecule has 0 amide bonds. The van der Waals surface area contributed by atoms with Crippen LogP contribution in [-0.4, -0.2) is 4.70 Å². The van der Waals surface area contributed by atoms with Crippen LogP contribution < -0.4 is 34.7 Å². The van der Waals surface area contributed by atoms with E-state index in [-0.39, 0.29) is 31.0 Å². The fourth-order valence-corrected chi connectivity index (χ4v) is 0. The maximum atomic E-state index is 4.78. The summed E-state index contributed by atoms with van der Waals surface area (Å²) < 4.78 is 1.40. The second kappa shape index (κ2) is 9.04. The van der Waals surface area contributed by atoms with Gasteiger partial charge in [-0.15, -0.1) is 0 Å². The zero-order valence-electron chi connectivity index (χ0n) is 3.97. The van der Waals surface area contributed by atoms with Gasteiger partial charge in [0.2, 0.25) is 0 Å². The van der Waals surface area contributed by atoms with E-state index in [0.717, 1.165) is 11.9 Å². The molecule has 0 bridgehead atoms. The molecule has 0 aromatic heterocycles. The number of hydrogen-bond acceptors (Lipinski definition) is 3. The molecule has 0 atom stereocenters. The second-order valence-electron chi connectivity index (χ2n) is 0.232. The molecular weight excluding hydrogens is 113 g/mol. The van der Waals surface area contributed by atoms with Crippen molar-refractivity contribution in [3.8, 4) is 0 Å². The number of nitrogens with two attached hydrogens (primary N) is 1. The summed E-state index contributed by atoms with van der Waals surface area (Å²) in [4.78, 5) is 0. The summed E-state index contributed by atoms with van der Waals surface area (Å²) in [5, 5.41) is 4.78. The summed E-state index contributed by atoms with van der Waals surface area (Å²) in [7, 11) is 0. The minimum atomic E-state index is 0. The van der Waals surface area contributed by atoms with Crippen molar-refractivity contribution >= 4 is 28.9 Å². The second-order valence-corrected chi connectivity index (χ2v) is 1.27. The third-order valence-electron chi connectivity index (χ3n) is 0.0556. The van der Waals surface area contributed by atoms with Gasteiger partial charge in [-0.2, -0.15) is 0 Å². The van der Waals surface area contributed by atoms with E-state index in [1.54, 1.807) is 0 Å². The normalized spacial score (nSPS) is 5.00. The molecule has 0 rings (SSSR count). The van der Waals surface area contributed by atoms with Crippen molar-refractivity contribution in [2.45, 2.75) is 0 Å². The molecule has 0 heterocycles. The molecule has 0 radical (unpaired) electrons. The van der Waals surface area contributed by atoms with Crippen LogP contribution in [0.1, 0.15) is 1.43 Å². The van der Waals surface area contributed by atoms with Crippen LogP contribution in [0.15, 0.2) is 0 Å². The SMILES string of the molecule is NSC=S.[H-].[Na+]. The molecule has 0 aromatic carbocycles. The molecule has 0 saturated carbocycles. The molecule has 0 spiro atoms. The molecule has 0 aliphatic rings. The average Bonchev–Trinajstić information content (AvgIpc) is 1.37. The molecule has 0 saturated heterocycles. The maximum Gasteiger partial charge on any atom is 1.00 e. The summed E-state index contributed by atoms with van der Waals surface area (Å²) in [5.74, 6) is 0. The van der Waals surface area contributed by atoms with Crippen molar-refractivity contribution in [1.29, 1.82) is 0 Å². The molecule has 0 fully saturated rings. The van der Waals surface area contributed by atoms with Gasteiger partial charge in [-0.3, -0.25) is 5.14 Å². The third-order valence-corrected chi connectivity index (χ3v) is 0.500. The minimum Gasteiger partial charge on any atom is -1.00 e.